The fraction of sp³-hybridized carbons (Fsp3) is 0.820. The first kappa shape index (κ1) is 64.4. The normalized spacial score (nSPS) is 12.3. The second-order valence-corrected chi connectivity index (χ2v) is 19.5. The number of ether oxygens (including phenoxy) is 3. The van der Waals surface area contributed by atoms with E-state index < -0.39 is 6.10 Å². The Bertz CT molecular complexity index is 1170. The molecule has 0 aromatic rings. The van der Waals surface area contributed by atoms with Gasteiger partial charge in [-0.05, 0) is 57.8 Å². The van der Waals surface area contributed by atoms with Gasteiger partial charge in [-0.3, -0.25) is 14.4 Å². The largest absolute Gasteiger partial charge is 0.462 e. The predicted molar refractivity (Wildman–Crippen MR) is 289 cm³/mol. The van der Waals surface area contributed by atoms with Gasteiger partial charge in [-0.2, -0.15) is 0 Å². The second-order valence-electron chi connectivity index (χ2n) is 19.5. The monoisotopic (exact) mass is 939 g/mol. The van der Waals surface area contributed by atoms with E-state index in [2.05, 4.69) is 69.4 Å². The van der Waals surface area contributed by atoms with E-state index in [9.17, 15) is 14.4 Å². The number of esters is 3. The molecule has 0 heterocycles. The molecule has 0 fully saturated rings. The van der Waals surface area contributed by atoms with Gasteiger partial charge in [0, 0.05) is 19.3 Å². The van der Waals surface area contributed by atoms with E-state index in [0.29, 0.717) is 19.3 Å². The number of carbonyl (C=O) groups is 3. The fourth-order valence-corrected chi connectivity index (χ4v) is 8.49. The van der Waals surface area contributed by atoms with E-state index in [0.717, 1.165) is 89.9 Å². The third kappa shape index (κ3) is 54.2. The summed E-state index contributed by atoms with van der Waals surface area (Å²) in [6.07, 6.45) is 68.7. The molecule has 0 aliphatic rings. The Labute approximate surface area is 416 Å². The van der Waals surface area contributed by atoms with Gasteiger partial charge in [-0.15, -0.1) is 0 Å². The van der Waals surface area contributed by atoms with Crippen LogP contribution in [-0.4, -0.2) is 37.2 Å². The Hall–Kier alpha value is -2.63. The van der Waals surface area contributed by atoms with Gasteiger partial charge >= 0.3 is 17.9 Å². The number of carbonyl (C=O) groups excluding carboxylic acids is 3. The van der Waals surface area contributed by atoms with Crippen LogP contribution in [0.2, 0.25) is 0 Å². The molecular weight excluding hydrogens is 829 g/mol. The van der Waals surface area contributed by atoms with Crippen LogP contribution in [0, 0.1) is 0 Å². The molecule has 0 saturated carbocycles. The van der Waals surface area contributed by atoms with Gasteiger partial charge in [0.2, 0.25) is 0 Å². The number of unbranched alkanes of at least 4 members (excludes halogenated alkanes) is 34. The SMILES string of the molecule is CC/C=C\C/C=C\C/C=C\C/C=C\CCCCCCCCCCCCC(=O)OCC(COC(=O)CCCCCCC)OC(=O)CCCCCCCCCCCCCCCCCCCCCCC. The van der Waals surface area contributed by atoms with Crippen molar-refractivity contribution in [3.05, 3.63) is 48.6 Å². The number of rotatable bonds is 53. The van der Waals surface area contributed by atoms with Gasteiger partial charge < -0.3 is 14.2 Å². The molecule has 6 nitrogen and oxygen atoms in total. The molecular formula is C61H110O6. The molecule has 0 aliphatic heterocycles. The minimum atomic E-state index is -0.768. The standard InChI is InChI=1S/C61H110O6/c1-4-7-10-13-15-17-19-21-23-25-27-29-30-32-33-35-37-39-41-43-45-48-51-54-60(63)66-57-58(56-65-59(62)53-50-47-12-9-6-3)67-61(64)55-52-49-46-44-42-40-38-36-34-31-28-26-24-22-20-18-16-14-11-8-5-2/h7,10,15,17,21,23,27,29,58H,4-6,8-9,11-14,16,18-20,22,24-26,28,30-57H2,1-3H3/b10-7-,17-15-,23-21-,29-27-. The number of allylic oxidation sites excluding steroid dienone is 8. The van der Waals surface area contributed by atoms with Crippen molar-refractivity contribution in [1.29, 1.82) is 0 Å². The molecule has 0 rings (SSSR count). The fourth-order valence-electron chi connectivity index (χ4n) is 8.49. The Morgan fingerprint density at radius 1 is 0.313 bits per heavy atom. The molecule has 0 spiro atoms. The average Bonchev–Trinajstić information content (AvgIpc) is 3.33. The van der Waals surface area contributed by atoms with Crippen LogP contribution in [0.4, 0.5) is 0 Å². The predicted octanol–water partition coefficient (Wildman–Crippen LogP) is 19.4. The van der Waals surface area contributed by atoms with Crippen molar-refractivity contribution in [2.45, 2.75) is 309 Å². The van der Waals surface area contributed by atoms with Gasteiger partial charge in [0.1, 0.15) is 13.2 Å². The van der Waals surface area contributed by atoms with Gasteiger partial charge in [-0.1, -0.05) is 275 Å². The lowest BCUT2D eigenvalue weighted by molar-refractivity contribution is -0.167. The molecule has 67 heavy (non-hydrogen) atoms. The topological polar surface area (TPSA) is 78.9 Å². The lowest BCUT2D eigenvalue weighted by Crippen LogP contribution is -2.30. The Kier molecular flexibility index (Phi) is 53.8. The molecule has 0 N–H and O–H groups in total. The van der Waals surface area contributed by atoms with Crippen molar-refractivity contribution in [1.82, 2.24) is 0 Å². The van der Waals surface area contributed by atoms with E-state index in [1.165, 1.54) is 173 Å². The maximum atomic E-state index is 12.8. The zero-order valence-corrected chi connectivity index (χ0v) is 44.7. The van der Waals surface area contributed by atoms with Crippen LogP contribution >= 0.6 is 0 Å². The first-order valence-electron chi connectivity index (χ1n) is 29.1. The third-order valence-corrected chi connectivity index (χ3v) is 12.8. The lowest BCUT2D eigenvalue weighted by atomic mass is 10.0. The number of hydrogen-bond acceptors (Lipinski definition) is 6. The average molecular weight is 940 g/mol. The van der Waals surface area contributed by atoms with E-state index in [4.69, 9.17) is 14.2 Å². The van der Waals surface area contributed by atoms with Crippen molar-refractivity contribution in [3.63, 3.8) is 0 Å². The van der Waals surface area contributed by atoms with E-state index in [-0.39, 0.29) is 31.1 Å². The van der Waals surface area contributed by atoms with Gasteiger partial charge in [-0.25, -0.2) is 0 Å². The third-order valence-electron chi connectivity index (χ3n) is 12.8. The van der Waals surface area contributed by atoms with Crippen molar-refractivity contribution in [3.8, 4) is 0 Å². The summed E-state index contributed by atoms with van der Waals surface area (Å²) in [7, 11) is 0. The van der Waals surface area contributed by atoms with Crippen molar-refractivity contribution in [2.24, 2.45) is 0 Å². The number of hydrogen-bond donors (Lipinski definition) is 0. The van der Waals surface area contributed by atoms with Crippen LogP contribution in [0.1, 0.15) is 303 Å². The summed E-state index contributed by atoms with van der Waals surface area (Å²) >= 11 is 0. The molecule has 0 amide bonds. The molecule has 390 valence electrons. The highest BCUT2D eigenvalue weighted by atomic mass is 16.6. The van der Waals surface area contributed by atoms with E-state index >= 15 is 0 Å². The molecule has 0 aromatic carbocycles. The van der Waals surface area contributed by atoms with Crippen LogP contribution < -0.4 is 0 Å². The molecule has 0 bridgehead atoms. The highest BCUT2D eigenvalue weighted by Gasteiger charge is 2.19. The Morgan fingerprint density at radius 2 is 0.582 bits per heavy atom. The molecule has 1 unspecified atom stereocenters. The molecule has 1 atom stereocenters. The maximum absolute atomic E-state index is 12.8. The molecule has 0 aromatic heterocycles. The summed E-state index contributed by atoms with van der Waals surface area (Å²) in [5.41, 5.74) is 0. The summed E-state index contributed by atoms with van der Waals surface area (Å²) in [6.45, 7) is 6.48. The maximum Gasteiger partial charge on any atom is 0.306 e. The summed E-state index contributed by atoms with van der Waals surface area (Å²) in [6, 6.07) is 0. The highest BCUT2D eigenvalue weighted by molar-refractivity contribution is 5.71. The van der Waals surface area contributed by atoms with Crippen LogP contribution in [0.5, 0.6) is 0 Å². The summed E-state index contributed by atoms with van der Waals surface area (Å²) < 4.78 is 16.7. The molecule has 0 aliphatic carbocycles. The van der Waals surface area contributed by atoms with Crippen LogP contribution in [0.25, 0.3) is 0 Å². The van der Waals surface area contributed by atoms with Crippen molar-refractivity contribution < 1.29 is 28.6 Å². The highest BCUT2D eigenvalue weighted by Crippen LogP contribution is 2.17. The quantitative estimate of drug-likeness (QED) is 0.0262. The van der Waals surface area contributed by atoms with Crippen LogP contribution in [0.3, 0.4) is 0 Å². The molecule has 0 radical (unpaired) electrons. The van der Waals surface area contributed by atoms with Gasteiger partial charge in [0.15, 0.2) is 6.10 Å². The minimum absolute atomic E-state index is 0.0720. The van der Waals surface area contributed by atoms with Gasteiger partial charge in [0.25, 0.3) is 0 Å². The molecule has 0 saturated heterocycles. The van der Waals surface area contributed by atoms with E-state index in [1.807, 2.05) is 0 Å². The minimum Gasteiger partial charge on any atom is -0.462 e. The van der Waals surface area contributed by atoms with Crippen molar-refractivity contribution >= 4 is 17.9 Å². The van der Waals surface area contributed by atoms with Crippen molar-refractivity contribution in [2.75, 3.05) is 13.2 Å². The molecule has 6 heteroatoms. The second kappa shape index (κ2) is 56.0. The van der Waals surface area contributed by atoms with Gasteiger partial charge in [0.05, 0.1) is 0 Å². The van der Waals surface area contributed by atoms with Crippen LogP contribution in [-0.2, 0) is 28.6 Å². The summed E-state index contributed by atoms with van der Waals surface area (Å²) in [5, 5.41) is 0. The zero-order valence-electron chi connectivity index (χ0n) is 44.7. The smallest absolute Gasteiger partial charge is 0.306 e. The van der Waals surface area contributed by atoms with Crippen LogP contribution in [0.15, 0.2) is 48.6 Å². The first-order chi connectivity index (χ1) is 33.0. The Balaban J connectivity index is 4.06. The Morgan fingerprint density at radius 3 is 0.910 bits per heavy atom. The lowest BCUT2D eigenvalue weighted by Gasteiger charge is -2.18. The van der Waals surface area contributed by atoms with E-state index in [1.54, 1.807) is 0 Å². The summed E-state index contributed by atoms with van der Waals surface area (Å²) in [4.78, 5) is 37.8. The zero-order chi connectivity index (χ0) is 48.6. The first-order valence-corrected chi connectivity index (χ1v) is 29.1. The summed E-state index contributed by atoms with van der Waals surface area (Å²) in [5.74, 6) is -0.875.